The summed E-state index contributed by atoms with van der Waals surface area (Å²) in [7, 11) is 1.56. The monoisotopic (exact) mass is 831 g/mol. The number of hydrogen-bond acceptors (Lipinski definition) is 7. The number of carbonyl (C=O) groups is 2. The van der Waals surface area contributed by atoms with Gasteiger partial charge in [-0.25, -0.2) is 0 Å². The predicted octanol–water partition coefficient (Wildman–Crippen LogP) is 8.35. The molecule has 2 N–H and O–H groups in total. The van der Waals surface area contributed by atoms with Gasteiger partial charge in [-0.3, -0.25) is 19.1 Å². The Balaban J connectivity index is 1.18. The molecule has 1 aromatic carbocycles. The van der Waals surface area contributed by atoms with Gasteiger partial charge in [0.25, 0.3) is 0 Å². The summed E-state index contributed by atoms with van der Waals surface area (Å²) in [6, 6.07) is 7.13. The van der Waals surface area contributed by atoms with Crippen LogP contribution in [0.4, 0.5) is 0 Å². The van der Waals surface area contributed by atoms with Gasteiger partial charge in [-0.2, -0.15) is 0 Å². The number of rotatable bonds is 19. The van der Waals surface area contributed by atoms with E-state index in [1.54, 1.807) is 24.5 Å². The lowest BCUT2D eigenvalue weighted by Crippen LogP contribution is -2.35. The van der Waals surface area contributed by atoms with Crippen LogP contribution in [0.3, 0.4) is 0 Å². The van der Waals surface area contributed by atoms with Crippen LogP contribution in [-0.2, 0) is 9.59 Å². The number of nitrogens with zero attached hydrogens (tertiary/aromatic N) is 5. The van der Waals surface area contributed by atoms with Crippen LogP contribution in [0.5, 0.6) is 0 Å². The van der Waals surface area contributed by atoms with Crippen LogP contribution in [0.2, 0.25) is 5.02 Å². The fourth-order valence-electron chi connectivity index (χ4n) is 5.97. The van der Waals surface area contributed by atoms with Crippen LogP contribution in [0.25, 0.3) is 5.00 Å². The minimum absolute atomic E-state index is 0.00957. The molecule has 0 saturated heterocycles. The van der Waals surface area contributed by atoms with E-state index in [9.17, 15) is 14.8 Å². The van der Waals surface area contributed by atoms with Crippen LogP contribution < -0.4 is 10.6 Å². The van der Waals surface area contributed by atoms with Gasteiger partial charge >= 0.3 is 0 Å². The zero-order chi connectivity index (χ0) is 37.8. The molecule has 4 rings (SSSR count). The first-order valence-electron chi connectivity index (χ1n) is 17.7. The molecule has 2 amide bonds. The highest BCUT2D eigenvalue weighted by molar-refractivity contribution is 9.11. The first-order chi connectivity index (χ1) is 24.8. The number of unbranched alkanes of at least 4 members (excludes halogenated alkanes) is 4. The number of aryl methyl sites for hydroxylation is 2. The van der Waals surface area contributed by atoms with E-state index in [1.807, 2.05) is 35.8 Å². The highest BCUT2D eigenvalue weighted by Gasteiger charge is 2.32. The van der Waals surface area contributed by atoms with Crippen LogP contribution >= 0.6 is 50.5 Å². The molecule has 3 heterocycles. The number of quaternary nitrogens is 1. The van der Waals surface area contributed by atoms with Crippen molar-refractivity contribution in [3.8, 4) is 17.3 Å². The smallest absolute Gasteiger partial charge is 0.222 e. The van der Waals surface area contributed by atoms with Gasteiger partial charge in [0.1, 0.15) is 16.9 Å². The number of carbonyl (C=O) groups excluding carboxylic acids is 2. The highest BCUT2D eigenvalue weighted by Crippen LogP contribution is 2.39. The zero-order valence-corrected chi connectivity index (χ0v) is 34.2. The van der Waals surface area contributed by atoms with E-state index < -0.39 is 10.7 Å². The summed E-state index contributed by atoms with van der Waals surface area (Å²) in [5.74, 6) is 3.85. The largest absolute Gasteiger partial charge is 0.627 e. The molecular formula is C38H48BrCl2N7O3S. The predicted molar refractivity (Wildman–Crippen MR) is 215 cm³/mol. The maximum atomic E-state index is 13.2. The van der Waals surface area contributed by atoms with E-state index >= 15 is 0 Å². The van der Waals surface area contributed by atoms with Crippen molar-refractivity contribution in [2.24, 2.45) is 4.99 Å². The third-order valence-electron chi connectivity index (χ3n) is 9.04. The molecule has 0 radical (unpaired) electrons. The minimum atomic E-state index is -0.569. The number of hydroxylamine groups is 3. The molecular weight excluding hydrogens is 785 g/mol. The maximum absolute atomic E-state index is 13.2. The lowest BCUT2D eigenvalue weighted by molar-refractivity contribution is -0.812. The van der Waals surface area contributed by atoms with Gasteiger partial charge in [0.05, 0.1) is 31.1 Å². The Morgan fingerprint density at radius 1 is 1.08 bits per heavy atom. The third kappa shape index (κ3) is 11.5. The van der Waals surface area contributed by atoms with Gasteiger partial charge in [0, 0.05) is 75.4 Å². The molecule has 1 aliphatic heterocycles. The number of amides is 2. The molecule has 3 atom stereocenters. The molecule has 2 aromatic heterocycles. The van der Waals surface area contributed by atoms with Crippen molar-refractivity contribution in [3.05, 3.63) is 78.4 Å². The molecule has 10 nitrogen and oxygen atoms in total. The number of halogens is 3. The molecule has 0 spiro atoms. The van der Waals surface area contributed by atoms with E-state index in [1.165, 1.54) is 4.88 Å². The number of aromatic nitrogens is 3. The molecule has 1 aliphatic rings. The van der Waals surface area contributed by atoms with Crippen LogP contribution in [0.15, 0.2) is 39.9 Å². The Labute approximate surface area is 329 Å². The number of nitrogens with one attached hydrogen (secondary N) is 2. The summed E-state index contributed by atoms with van der Waals surface area (Å²) in [4.78, 5) is 31.9. The first-order valence-corrected chi connectivity index (χ1v) is 20.2. The summed E-state index contributed by atoms with van der Waals surface area (Å²) in [6.45, 7) is 7.66. The van der Waals surface area contributed by atoms with Crippen LogP contribution in [0.1, 0.15) is 103 Å². The van der Waals surface area contributed by atoms with E-state index in [-0.39, 0.29) is 23.6 Å². The van der Waals surface area contributed by atoms with Crippen molar-refractivity contribution in [1.82, 2.24) is 25.4 Å². The molecule has 3 aromatic rings. The summed E-state index contributed by atoms with van der Waals surface area (Å²) >= 11 is 17.7. The number of alkyl halides is 1. The fourth-order valence-corrected chi connectivity index (χ4v) is 8.23. The van der Waals surface area contributed by atoms with Gasteiger partial charge in [0.2, 0.25) is 11.8 Å². The molecule has 0 fully saturated rings. The minimum Gasteiger partial charge on any atom is -0.627 e. The summed E-state index contributed by atoms with van der Waals surface area (Å²) in [6.07, 6.45) is 13.5. The number of terminal acetylenes is 1. The Morgan fingerprint density at radius 2 is 1.75 bits per heavy atom. The summed E-state index contributed by atoms with van der Waals surface area (Å²) in [5.41, 5.74) is 3.93. The zero-order valence-electron chi connectivity index (χ0n) is 30.3. The van der Waals surface area contributed by atoms with Crippen molar-refractivity contribution in [2.45, 2.75) is 96.4 Å². The molecule has 0 bridgehead atoms. The molecule has 2 unspecified atom stereocenters. The van der Waals surface area contributed by atoms with Crippen molar-refractivity contribution in [3.63, 3.8) is 0 Å². The van der Waals surface area contributed by atoms with Crippen molar-refractivity contribution in [2.75, 3.05) is 26.7 Å². The Hall–Kier alpha value is -3.05. The second-order valence-corrected chi connectivity index (χ2v) is 16.3. The summed E-state index contributed by atoms with van der Waals surface area (Å²) < 4.78 is 1.94. The lowest BCUT2D eigenvalue weighted by atomic mass is 9.99. The highest BCUT2D eigenvalue weighted by atomic mass is 79.9. The number of hydrogen-bond donors (Lipinski definition) is 2. The van der Waals surface area contributed by atoms with Gasteiger partial charge in [-0.15, -0.1) is 45.5 Å². The standard InChI is InChI=1S/C38H48BrCl2N7O3S/c1-6-7-12-22-48(5,51)32(39)23-30(41)14-13-15-33(49)42-20-10-8-9-11-21-43-34(50)24-31-37-46-45-27(4)47(37)38-35(25(2)26(3)52-38)36(44-31)28-16-18-29(40)19-17-28/h1,16-19,23,30-31H,7-15,20-22,24H2,2-5H3,(H,42,49)(H,43,50)/b32-23+/t30?,31-,48?/m1/s1. The number of thiophene rings is 1. The van der Waals surface area contributed by atoms with Crippen molar-refractivity contribution < 1.29 is 14.2 Å². The first kappa shape index (κ1) is 41.7. The fraction of sp³-hybridized carbons (Fsp3) is 0.500. The van der Waals surface area contributed by atoms with Crippen molar-refractivity contribution in [1.29, 1.82) is 0 Å². The molecule has 14 heteroatoms. The quantitative estimate of drug-likeness (QED) is 0.0314. The Kier molecular flexibility index (Phi) is 15.9. The Bertz CT molecular complexity index is 1800. The topological polar surface area (TPSA) is 124 Å². The normalized spacial score (nSPS) is 15.8. The third-order valence-corrected chi connectivity index (χ3v) is 11.8. The van der Waals surface area contributed by atoms with Gasteiger partial charge < -0.3 is 20.5 Å². The SMILES string of the molecule is C#CCCC[N+](C)([O-])/C(Br)=C/C(Cl)CCCC(=O)NCCCCCCNC(=O)C[C@H]1N=C(c2ccc(Cl)cc2)c2c(sc(C)c2C)-n2c(C)nnc21. The van der Waals surface area contributed by atoms with Gasteiger partial charge in [-0.1, -0.05) is 36.6 Å². The van der Waals surface area contributed by atoms with Crippen molar-refractivity contribution >= 4 is 68.0 Å². The second kappa shape index (κ2) is 19.9. The van der Waals surface area contributed by atoms with E-state index in [0.717, 1.165) is 58.9 Å². The van der Waals surface area contributed by atoms with E-state index in [2.05, 4.69) is 56.5 Å². The molecule has 0 aliphatic carbocycles. The van der Waals surface area contributed by atoms with Gasteiger partial charge in [0.15, 0.2) is 10.4 Å². The van der Waals surface area contributed by atoms with E-state index in [4.69, 9.17) is 34.6 Å². The molecule has 52 heavy (non-hydrogen) atoms. The number of allylic oxidation sites excluding steroid dienone is 1. The van der Waals surface area contributed by atoms with E-state index in [0.29, 0.717) is 67.2 Å². The average molecular weight is 834 g/mol. The molecule has 280 valence electrons. The lowest BCUT2D eigenvalue weighted by Gasteiger charge is -2.37. The van der Waals surface area contributed by atoms with Crippen LogP contribution in [0, 0.1) is 38.3 Å². The maximum Gasteiger partial charge on any atom is 0.222 e. The Morgan fingerprint density at radius 3 is 2.42 bits per heavy atom. The molecule has 0 saturated carbocycles. The average Bonchev–Trinajstić information content (AvgIpc) is 3.57. The second-order valence-electron chi connectivity index (χ2n) is 13.3. The summed E-state index contributed by atoms with van der Waals surface area (Å²) in [5, 5.41) is 28.9. The van der Waals surface area contributed by atoms with Crippen LogP contribution in [-0.4, -0.2) is 69.0 Å². The number of benzene rings is 1. The number of aliphatic imine (C=N–C) groups is 1. The van der Waals surface area contributed by atoms with Gasteiger partial charge in [-0.05, 0) is 64.2 Å². The number of fused-ring (bicyclic) bond motifs is 3.